The molecule has 1 aromatic heterocycles. The number of alkyl halides is 1. The molecule has 1 saturated heterocycles. The number of carbonyl (C=O) groups excluding carboxylic acids is 2. The van der Waals surface area contributed by atoms with Crippen molar-refractivity contribution in [3.8, 4) is 0 Å². The third-order valence-electron chi connectivity index (χ3n) is 4.65. The van der Waals surface area contributed by atoms with E-state index in [2.05, 4.69) is 15.5 Å². The van der Waals surface area contributed by atoms with E-state index in [1.54, 1.807) is 6.92 Å². The van der Waals surface area contributed by atoms with E-state index < -0.39 is 39.4 Å². The van der Waals surface area contributed by atoms with Crippen molar-refractivity contribution in [3.05, 3.63) is 21.7 Å². The predicted molar refractivity (Wildman–Crippen MR) is 119 cm³/mol. The minimum absolute atomic E-state index is 0.0175. The second-order valence-electron chi connectivity index (χ2n) is 6.95. The Morgan fingerprint density at radius 3 is 2.79 bits per heavy atom. The van der Waals surface area contributed by atoms with Crippen molar-refractivity contribution in [1.82, 2.24) is 20.3 Å². The third-order valence-corrected chi connectivity index (χ3v) is 7.49. The van der Waals surface area contributed by atoms with E-state index in [0.717, 1.165) is 16.3 Å². The molecule has 180 valence electrons. The van der Waals surface area contributed by atoms with Gasteiger partial charge in [-0.15, -0.1) is 22.9 Å². The number of thiazole rings is 1. The number of carboxylic acids is 1. The second kappa shape index (κ2) is 10.0. The van der Waals surface area contributed by atoms with Crippen molar-refractivity contribution in [3.63, 3.8) is 0 Å². The Kier molecular flexibility index (Phi) is 7.56. The molecule has 2 amide bonds. The van der Waals surface area contributed by atoms with Gasteiger partial charge in [-0.1, -0.05) is 12.1 Å². The third kappa shape index (κ3) is 5.10. The van der Waals surface area contributed by atoms with Gasteiger partial charge < -0.3 is 21.0 Å². The van der Waals surface area contributed by atoms with Gasteiger partial charge in [0, 0.05) is 11.9 Å². The summed E-state index contributed by atoms with van der Waals surface area (Å²) in [4.78, 5) is 46.3. The average molecular weight is 521 g/mol. The number of carbonyl (C=O) groups is 3. The molecule has 0 unspecified atom stereocenters. The first kappa shape index (κ1) is 24.9. The molecule has 0 aromatic carbocycles. The van der Waals surface area contributed by atoms with Gasteiger partial charge in [0.25, 0.3) is 11.8 Å². The lowest BCUT2D eigenvalue weighted by atomic mass is 10.2. The monoisotopic (exact) mass is 520 g/mol. The molecule has 1 atom stereocenters. The van der Waals surface area contributed by atoms with Crippen molar-refractivity contribution in [1.29, 1.82) is 0 Å². The SMILES string of the molecule is CCCS(=O)(=O)C1=C(C(=O)O)N2C(=O)[C@@H](NC(=O)/C(=N/OCCCl)c3csc(N)n3)CN2C1. The van der Waals surface area contributed by atoms with Gasteiger partial charge in [0.2, 0.25) is 0 Å². The van der Waals surface area contributed by atoms with Crippen LogP contribution in [0.3, 0.4) is 0 Å². The van der Waals surface area contributed by atoms with E-state index in [0.29, 0.717) is 6.42 Å². The number of amides is 2. The number of nitrogens with one attached hydrogen (secondary N) is 1. The van der Waals surface area contributed by atoms with Crippen LogP contribution in [0.15, 0.2) is 21.1 Å². The number of oxime groups is 1. The van der Waals surface area contributed by atoms with E-state index >= 15 is 0 Å². The number of aromatic nitrogens is 1. The van der Waals surface area contributed by atoms with Crippen molar-refractivity contribution >= 4 is 61.4 Å². The van der Waals surface area contributed by atoms with Gasteiger partial charge in [0.1, 0.15) is 18.3 Å². The number of nitrogens with zero attached hydrogens (tertiary/aromatic N) is 4. The number of sulfone groups is 1. The van der Waals surface area contributed by atoms with Gasteiger partial charge in [-0.25, -0.2) is 28.2 Å². The number of hydrogen-bond donors (Lipinski definition) is 3. The number of rotatable bonds is 10. The van der Waals surface area contributed by atoms with Gasteiger partial charge >= 0.3 is 5.97 Å². The summed E-state index contributed by atoms with van der Waals surface area (Å²) in [5, 5.41) is 19.5. The summed E-state index contributed by atoms with van der Waals surface area (Å²) in [6.45, 7) is 1.24. The minimum atomic E-state index is -3.86. The molecule has 2 aliphatic heterocycles. The molecule has 1 fully saturated rings. The molecule has 4 N–H and O–H groups in total. The Morgan fingerprint density at radius 2 is 2.21 bits per heavy atom. The fourth-order valence-electron chi connectivity index (χ4n) is 3.33. The quantitative estimate of drug-likeness (QED) is 0.155. The van der Waals surface area contributed by atoms with Crippen LogP contribution >= 0.6 is 22.9 Å². The van der Waals surface area contributed by atoms with Gasteiger partial charge in [-0.05, 0) is 6.42 Å². The maximum atomic E-state index is 12.9. The zero-order valence-corrected chi connectivity index (χ0v) is 19.7. The number of hydrogen-bond acceptors (Lipinski definition) is 11. The van der Waals surface area contributed by atoms with Crippen LogP contribution in [0.1, 0.15) is 19.0 Å². The lowest BCUT2D eigenvalue weighted by Gasteiger charge is -2.18. The molecule has 0 spiro atoms. The smallest absolute Gasteiger partial charge is 0.355 e. The average Bonchev–Trinajstić information content (AvgIpc) is 3.41. The summed E-state index contributed by atoms with van der Waals surface area (Å²) >= 11 is 6.62. The van der Waals surface area contributed by atoms with Crippen LogP contribution in [-0.2, 0) is 29.1 Å². The van der Waals surface area contributed by atoms with E-state index in [-0.39, 0.29) is 52.8 Å². The molecule has 3 rings (SSSR count). The van der Waals surface area contributed by atoms with E-state index in [9.17, 15) is 27.9 Å². The van der Waals surface area contributed by atoms with E-state index in [4.69, 9.17) is 22.2 Å². The normalized spacial score (nSPS) is 19.2. The van der Waals surface area contributed by atoms with E-state index in [1.807, 2.05) is 0 Å². The predicted octanol–water partition coefficient (Wildman–Crippen LogP) is -0.637. The fraction of sp³-hybridized carbons (Fsp3) is 0.471. The van der Waals surface area contributed by atoms with Crippen LogP contribution in [0.4, 0.5) is 5.13 Å². The highest BCUT2D eigenvalue weighted by Gasteiger charge is 2.50. The number of aliphatic carboxylic acids is 1. The molecule has 0 aliphatic carbocycles. The Labute approximate surface area is 197 Å². The summed E-state index contributed by atoms with van der Waals surface area (Å²) in [5.74, 6) is -3.27. The molecule has 3 heterocycles. The fourth-order valence-corrected chi connectivity index (χ4v) is 5.54. The minimum Gasteiger partial charge on any atom is -0.476 e. The first-order valence-electron chi connectivity index (χ1n) is 9.66. The van der Waals surface area contributed by atoms with Gasteiger partial charge in [-0.3, -0.25) is 9.59 Å². The molecule has 13 nitrogen and oxygen atoms in total. The zero-order valence-electron chi connectivity index (χ0n) is 17.4. The van der Waals surface area contributed by atoms with Crippen LogP contribution in [-0.4, -0.2) is 89.4 Å². The molecule has 0 radical (unpaired) electrons. The van der Waals surface area contributed by atoms with Crippen LogP contribution in [0.25, 0.3) is 0 Å². The maximum absolute atomic E-state index is 12.9. The molecule has 0 bridgehead atoms. The zero-order chi connectivity index (χ0) is 24.3. The summed E-state index contributed by atoms with van der Waals surface area (Å²) in [6, 6.07) is -1.16. The Hall–Kier alpha value is -2.75. The number of nitrogens with two attached hydrogens (primary N) is 1. The van der Waals surface area contributed by atoms with Crippen LogP contribution in [0.5, 0.6) is 0 Å². The van der Waals surface area contributed by atoms with Crippen molar-refractivity contribution in [2.24, 2.45) is 5.16 Å². The highest BCUT2D eigenvalue weighted by molar-refractivity contribution is 7.95. The van der Waals surface area contributed by atoms with E-state index in [1.165, 1.54) is 10.4 Å². The molecule has 1 aromatic rings. The summed E-state index contributed by atoms with van der Waals surface area (Å²) < 4.78 is 25.0. The lowest BCUT2D eigenvalue weighted by Crippen LogP contribution is -2.46. The van der Waals surface area contributed by atoms with Gasteiger partial charge in [0.05, 0.1) is 23.1 Å². The molecule has 33 heavy (non-hydrogen) atoms. The lowest BCUT2D eigenvalue weighted by molar-refractivity contribution is -0.143. The number of carboxylic acid groups (broad SMARTS) is 1. The number of anilines is 1. The number of nitrogen functional groups attached to an aromatic ring is 1. The Morgan fingerprint density at radius 1 is 1.48 bits per heavy atom. The molecular formula is C17H21ClN6O7S2. The molecule has 16 heteroatoms. The van der Waals surface area contributed by atoms with Gasteiger partial charge in [0.15, 0.2) is 26.4 Å². The maximum Gasteiger partial charge on any atom is 0.355 e. The molecular weight excluding hydrogens is 500 g/mol. The number of hydrazine groups is 1. The summed E-state index contributed by atoms with van der Waals surface area (Å²) in [5.41, 5.74) is 4.86. The van der Waals surface area contributed by atoms with Crippen molar-refractivity contribution in [2.45, 2.75) is 19.4 Å². The van der Waals surface area contributed by atoms with Crippen LogP contribution < -0.4 is 11.1 Å². The first-order valence-corrected chi connectivity index (χ1v) is 12.7. The first-order chi connectivity index (χ1) is 15.6. The molecule has 2 aliphatic rings. The van der Waals surface area contributed by atoms with Crippen LogP contribution in [0.2, 0.25) is 0 Å². The highest BCUT2D eigenvalue weighted by atomic mass is 35.5. The Bertz CT molecular complexity index is 1130. The van der Waals surface area contributed by atoms with Gasteiger partial charge in [-0.2, -0.15) is 0 Å². The summed E-state index contributed by atoms with van der Waals surface area (Å²) in [7, 11) is -3.86. The highest BCUT2D eigenvalue weighted by Crippen LogP contribution is 2.32. The van der Waals surface area contributed by atoms with Crippen molar-refractivity contribution in [2.75, 3.05) is 37.1 Å². The number of halogens is 1. The topological polar surface area (TPSA) is 185 Å². The largest absolute Gasteiger partial charge is 0.476 e. The summed E-state index contributed by atoms with van der Waals surface area (Å²) in [6.07, 6.45) is 0.292. The standard InChI is InChI=1S/C17H21ClN6O7S2/c1-2-5-33(29,30)11-7-23-6-9(15(26)24(23)13(11)16(27)28)20-14(25)12(22-31-4-3-18)10-8-32-17(19)21-10/h8-9H,2-7H2,1H3,(H2,19,21)(H,20,25)(H,27,28)/b22-12+/t9-/m0/s1. The number of fused-ring (bicyclic) bond motifs is 1. The van der Waals surface area contributed by atoms with Crippen LogP contribution in [0, 0.1) is 0 Å². The van der Waals surface area contributed by atoms with Crippen molar-refractivity contribution < 1.29 is 32.7 Å². The Balaban J connectivity index is 1.84. The second-order valence-corrected chi connectivity index (χ2v) is 10.4. The molecule has 0 saturated carbocycles.